The Balaban J connectivity index is 1.70. The second-order valence-corrected chi connectivity index (χ2v) is 12.8. The van der Waals surface area contributed by atoms with Crippen molar-refractivity contribution in [2.75, 3.05) is 45.5 Å². The summed E-state index contributed by atoms with van der Waals surface area (Å²) < 4.78 is 16.0. The molecule has 5 amide bonds. The van der Waals surface area contributed by atoms with Gasteiger partial charge < -0.3 is 40.8 Å². The van der Waals surface area contributed by atoms with Crippen molar-refractivity contribution in [1.29, 1.82) is 0 Å². The summed E-state index contributed by atoms with van der Waals surface area (Å²) in [6.45, 7) is 7.22. The van der Waals surface area contributed by atoms with Crippen molar-refractivity contribution in [1.82, 2.24) is 26.6 Å². The fourth-order valence-electron chi connectivity index (χ4n) is 4.86. The highest BCUT2D eigenvalue weighted by molar-refractivity contribution is 9.09. The third-order valence-electron chi connectivity index (χ3n) is 7.77. The van der Waals surface area contributed by atoms with E-state index < -0.39 is 35.8 Å². The second kappa shape index (κ2) is 25.2. The molecule has 2 aromatic carbocycles. The van der Waals surface area contributed by atoms with E-state index in [4.69, 9.17) is 14.2 Å². The Bertz CT molecular complexity index is 1380. The lowest BCUT2D eigenvalue weighted by Crippen LogP contribution is -2.55. The zero-order chi connectivity index (χ0) is 37.4. The molecule has 0 saturated heterocycles. The van der Waals surface area contributed by atoms with Gasteiger partial charge in [-0.1, -0.05) is 70.0 Å². The average Bonchev–Trinajstić information content (AvgIpc) is 3.11. The fraction of sp³-hybridized carbons (Fsp3) is 0.541. The van der Waals surface area contributed by atoms with Gasteiger partial charge in [0.25, 0.3) is 0 Å². The SMILES string of the molecule is COCCCOCCC(=O)NCCCC[C@H](NC(=O)CBr)C(=O)N[C@@H](C)C(=O)N[C@@H](C)C(=O)NCOCc1cccc(Cc2ccc(C)cc2)c1. The Morgan fingerprint density at radius 2 is 1.43 bits per heavy atom. The number of alkyl halides is 1. The molecule has 0 radical (unpaired) electrons. The molecule has 282 valence electrons. The maximum atomic E-state index is 13.0. The van der Waals surface area contributed by atoms with E-state index in [0.717, 1.165) is 24.0 Å². The first-order chi connectivity index (χ1) is 24.5. The first-order valence-corrected chi connectivity index (χ1v) is 18.4. The first kappa shape index (κ1) is 43.3. The minimum atomic E-state index is -0.976. The van der Waals surface area contributed by atoms with E-state index in [9.17, 15) is 24.0 Å². The Labute approximate surface area is 309 Å². The van der Waals surface area contributed by atoms with Gasteiger partial charge in [0.05, 0.1) is 18.5 Å². The Morgan fingerprint density at radius 3 is 2.16 bits per heavy atom. The van der Waals surface area contributed by atoms with Crippen LogP contribution < -0.4 is 26.6 Å². The van der Waals surface area contributed by atoms with Gasteiger partial charge in [-0.15, -0.1) is 0 Å². The quantitative estimate of drug-likeness (QED) is 0.0582. The number of benzene rings is 2. The molecule has 0 aromatic heterocycles. The second-order valence-electron chi connectivity index (χ2n) is 12.3. The van der Waals surface area contributed by atoms with Crippen molar-refractivity contribution >= 4 is 45.5 Å². The van der Waals surface area contributed by atoms with Gasteiger partial charge in [-0.3, -0.25) is 24.0 Å². The van der Waals surface area contributed by atoms with Crippen LogP contribution in [0.2, 0.25) is 0 Å². The number of methoxy groups -OCH3 is 1. The Kier molecular flexibility index (Phi) is 21.4. The lowest BCUT2D eigenvalue weighted by molar-refractivity contribution is -0.133. The molecule has 0 aliphatic carbocycles. The monoisotopic (exact) mass is 775 g/mol. The molecule has 0 spiro atoms. The van der Waals surface area contributed by atoms with E-state index in [1.54, 1.807) is 7.11 Å². The molecule has 2 rings (SSSR count). The van der Waals surface area contributed by atoms with Gasteiger partial charge in [0.1, 0.15) is 24.9 Å². The Morgan fingerprint density at radius 1 is 0.725 bits per heavy atom. The third kappa shape index (κ3) is 18.8. The molecule has 14 heteroatoms. The summed E-state index contributed by atoms with van der Waals surface area (Å²) in [6.07, 6.45) is 3.24. The molecule has 0 heterocycles. The zero-order valence-corrected chi connectivity index (χ0v) is 31.8. The molecule has 5 N–H and O–H groups in total. The summed E-state index contributed by atoms with van der Waals surface area (Å²) in [5.41, 5.74) is 4.57. The normalized spacial score (nSPS) is 12.6. The number of rotatable bonds is 25. The molecule has 2 aromatic rings. The van der Waals surface area contributed by atoms with Crippen LogP contribution in [0, 0.1) is 6.92 Å². The van der Waals surface area contributed by atoms with E-state index >= 15 is 0 Å². The van der Waals surface area contributed by atoms with Gasteiger partial charge >= 0.3 is 0 Å². The first-order valence-electron chi connectivity index (χ1n) is 17.3. The number of amides is 5. The highest BCUT2D eigenvalue weighted by atomic mass is 79.9. The molecule has 0 aliphatic rings. The summed E-state index contributed by atoms with van der Waals surface area (Å²) in [7, 11) is 1.62. The maximum Gasteiger partial charge on any atom is 0.244 e. The van der Waals surface area contributed by atoms with Gasteiger partial charge in [-0.2, -0.15) is 0 Å². The van der Waals surface area contributed by atoms with E-state index in [2.05, 4.69) is 85.8 Å². The number of unbranched alkanes of at least 4 members (excludes halogenated alkanes) is 1. The Hall–Kier alpha value is -3.85. The standard InChI is InChI=1S/C37H54BrN5O8/c1-26-12-14-29(15-13-26)21-30-9-7-10-31(22-30)24-51-25-40-35(46)27(2)41-36(47)28(3)42-37(48)32(43-34(45)23-38)11-5-6-17-39-33(44)16-20-50-19-8-18-49-4/h7,9-10,12-15,22,27-28,32H,5-6,8,11,16-21,23-25H2,1-4H3,(H,39,44)(H,40,46)(H,41,47)(H,42,48)(H,43,45)/t27-,28-,32-/m0/s1. The van der Waals surface area contributed by atoms with E-state index in [1.807, 2.05) is 12.1 Å². The van der Waals surface area contributed by atoms with Crippen LogP contribution in [0.25, 0.3) is 0 Å². The van der Waals surface area contributed by atoms with Gasteiger partial charge in [0, 0.05) is 33.3 Å². The smallest absolute Gasteiger partial charge is 0.244 e. The highest BCUT2D eigenvalue weighted by Crippen LogP contribution is 2.13. The average molecular weight is 777 g/mol. The topological polar surface area (TPSA) is 173 Å². The highest BCUT2D eigenvalue weighted by Gasteiger charge is 2.25. The summed E-state index contributed by atoms with van der Waals surface area (Å²) in [5.74, 6) is -2.05. The molecule has 0 unspecified atom stereocenters. The van der Waals surface area contributed by atoms with Crippen LogP contribution in [-0.2, 0) is 51.2 Å². The van der Waals surface area contributed by atoms with Crippen molar-refractivity contribution in [3.63, 3.8) is 0 Å². The van der Waals surface area contributed by atoms with Crippen LogP contribution in [0.4, 0.5) is 0 Å². The number of hydrogen-bond donors (Lipinski definition) is 5. The molecule has 0 bridgehead atoms. The molecular formula is C37H54BrN5O8. The lowest BCUT2D eigenvalue weighted by atomic mass is 10.0. The molecular weight excluding hydrogens is 722 g/mol. The minimum absolute atomic E-state index is 0.00711. The largest absolute Gasteiger partial charge is 0.385 e. The number of carbonyl (C=O) groups excluding carboxylic acids is 5. The van der Waals surface area contributed by atoms with Gasteiger partial charge in [0.2, 0.25) is 29.5 Å². The van der Waals surface area contributed by atoms with Crippen LogP contribution in [0.5, 0.6) is 0 Å². The number of halogens is 1. The molecule has 0 fully saturated rings. The predicted octanol–water partition coefficient (Wildman–Crippen LogP) is 2.79. The number of carbonyl (C=O) groups is 5. The van der Waals surface area contributed by atoms with Gasteiger partial charge in [-0.05, 0) is 69.6 Å². The lowest BCUT2D eigenvalue weighted by Gasteiger charge is -2.22. The van der Waals surface area contributed by atoms with Crippen molar-refractivity contribution in [2.24, 2.45) is 0 Å². The fourth-order valence-corrected chi connectivity index (χ4v) is 5.02. The molecule has 13 nitrogen and oxygen atoms in total. The number of ether oxygens (including phenoxy) is 3. The van der Waals surface area contributed by atoms with E-state index in [0.29, 0.717) is 52.2 Å². The van der Waals surface area contributed by atoms with Crippen LogP contribution in [0.3, 0.4) is 0 Å². The summed E-state index contributed by atoms with van der Waals surface area (Å²) in [6, 6.07) is 13.7. The maximum absolute atomic E-state index is 13.0. The zero-order valence-electron chi connectivity index (χ0n) is 30.2. The number of aryl methyl sites for hydroxylation is 1. The van der Waals surface area contributed by atoms with Crippen LogP contribution in [-0.4, -0.2) is 93.2 Å². The predicted molar refractivity (Wildman–Crippen MR) is 198 cm³/mol. The van der Waals surface area contributed by atoms with Gasteiger partial charge in [0.15, 0.2) is 0 Å². The van der Waals surface area contributed by atoms with Crippen molar-refractivity contribution in [3.05, 3.63) is 70.8 Å². The molecule has 51 heavy (non-hydrogen) atoms. The van der Waals surface area contributed by atoms with Crippen molar-refractivity contribution in [3.8, 4) is 0 Å². The van der Waals surface area contributed by atoms with E-state index in [1.165, 1.54) is 25.0 Å². The molecule has 0 aliphatic heterocycles. The van der Waals surface area contributed by atoms with Crippen molar-refractivity contribution in [2.45, 2.75) is 84.0 Å². The van der Waals surface area contributed by atoms with Gasteiger partial charge in [-0.25, -0.2) is 0 Å². The minimum Gasteiger partial charge on any atom is -0.385 e. The number of nitrogens with one attached hydrogen (secondary N) is 5. The summed E-state index contributed by atoms with van der Waals surface area (Å²) in [5, 5.41) is 13.3. The van der Waals surface area contributed by atoms with Crippen molar-refractivity contribution < 1.29 is 38.2 Å². The van der Waals surface area contributed by atoms with Crippen LogP contribution in [0.15, 0.2) is 48.5 Å². The van der Waals surface area contributed by atoms with Crippen LogP contribution >= 0.6 is 15.9 Å². The van der Waals surface area contributed by atoms with E-state index in [-0.39, 0.29) is 30.3 Å². The summed E-state index contributed by atoms with van der Waals surface area (Å²) >= 11 is 3.09. The number of hydrogen-bond acceptors (Lipinski definition) is 8. The summed E-state index contributed by atoms with van der Waals surface area (Å²) in [4.78, 5) is 62.5. The third-order valence-corrected chi connectivity index (χ3v) is 8.28. The molecule has 3 atom stereocenters. The molecule has 0 saturated carbocycles. The van der Waals surface area contributed by atoms with Crippen LogP contribution in [0.1, 0.15) is 68.2 Å².